The van der Waals surface area contributed by atoms with E-state index in [2.05, 4.69) is 47.6 Å². The lowest BCUT2D eigenvalue weighted by molar-refractivity contribution is 0.0953. The van der Waals surface area contributed by atoms with Gasteiger partial charge in [-0.05, 0) is 33.6 Å². The van der Waals surface area contributed by atoms with Crippen molar-refractivity contribution < 1.29 is 4.79 Å². The molecule has 1 amide bonds. The SMILES string of the molecule is CC(C)=CCCC(C)=CCNC(=O)c1cn[nH]n1. The number of hydrogen-bond donors (Lipinski definition) is 2. The van der Waals surface area contributed by atoms with Crippen LogP contribution in [0.15, 0.2) is 29.5 Å². The van der Waals surface area contributed by atoms with Crippen molar-refractivity contribution in [1.29, 1.82) is 0 Å². The Morgan fingerprint density at radius 3 is 2.78 bits per heavy atom. The molecular weight excluding hydrogens is 228 g/mol. The van der Waals surface area contributed by atoms with Crippen LogP contribution in [0.2, 0.25) is 0 Å². The van der Waals surface area contributed by atoms with Gasteiger partial charge in [0.05, 0.1) is 6.20 Å². The third kappa shape index (κ3) is 5.43. The second-order valence-electron chi connectivity index (χ2n) is 4.44. The molecule has 5 nitrogen and oxygen atoms in total. The lowest BCUT2D eigenvalue weighted by Crippen LogP contribution is -2.23. The fourth-order valence-electron chi connectivity index (χ4n) is 1.41. The minimum absolute atomic E-state index is 0.211. The Labute approximate surface area is 107 Å². The van der Waals surface area contributed by atoms with Crippen LogP contribution in [0.1, 0.15) is 44.1 Å². The fourth-order valence-corrected chi connectivity index (χ4v) is 1.41. The number of aromatic amines is 1. The lowest BCUT2D eigenvalue weighted by Gasteiger charge is -2.01. The van der Waals surface area contributed by atoms with E-state index in [0.29, 0.717) is 12.2 Å². The maximum Gasteiger partial charge on any atom is 0.273 e. The second-order valence-corrected chi connectivity index (χ2v) is 4.44. The molecule has 0 atom stereocenters. The van der Waals surface area contributed by atoms with Crippen molar-refractivity contribution in [3.8, 4) is 0 Å². The van der Waals surface area contributed by atoms with E-state index in [1.54, 1.807) is 0 Å². The van der Waals surface area contributed by atoms with Gasteiger partial charge in [0, 0.05) is 6.54 Å². The predicted molar refractivity (Wildman–Crippen MR) is 71.1 cm³/mol. The normalized spacial score (nSPS) is 11.2. The molecule has 1 aromatic rings. The maximum atomic E-state index is 11.5. The van der Waals surface area contributed by atoms with Crippen LogP contribution in [-0.4, -0.2) is 27.9 Å². The number of carbonyl (C=O) groups is 1. The van der Waals surface area contributed by atoms with Crippen LogP contribution in [0.4, 0.5) is 0 Å². The van der Waals surface area contributed by atoms with Crippen molar-refractivity contribution in [1.82, 2.24) is 20.7 Å². The summed E-state index contributed by atoms with van der Waals surface area (Å²) in [5.74, 6) is -0.211. The quantitative estimate of drug-likeness (QED) is 0.758. The number of carbonyl (C=O) groups excluding carboxylic acids is 1. The van der Waals surface area contributed by atoms with Crippen LogP contribution in [0.3, 0.4) is 0 Å². The third-order valence-electron chi connectivity index (χ3n) is 2.45. The van der Waals surface area contributed by atoms with E-state index < -0.39 is 0 Å². The van der Waals surface area contributed by atoms with Gasteiger partial charge in [-0.25, -0.2) is 0 Å². The number of rotatable bonds is 6. The average Bonchev–Trinajstić information content (AvgIpc) is 2.81. The highest BCUT2D eigenvalue weighted by atomic mass is 16.1. The number of hydrogen-bond acceptors (Lipinski definition) is 3. The smallest absolute Gasteiger partial charge is 0.273 e. The molecule has 0 aromatic carbocycles. The molecule has 0 saturated heterocycles. The molecular formula is C13H20N4O. The molecule has 0 aliphatic carbocycles. The number of aromatic nitrogens is 3. The molecule has 1 aromatic heterocycles. The molecule has 0 bridgehead atoms. The number of nitrogens with one attached hydrogen (secondary N) is 2. The second kappa shape index (κ2) is 7.42. The first kappa shape index (κ1) is 14.2. The largest absolute Gasteiger partial charge is 0.347 e. The minimum Gasteiger partial charge on any atom is -0.347 e. The van der Waals surface area contributed by atoms with E-state index in [-0.39, 0.29) is 5.91 Å². The standard InChI is InChI=1S/C13H20N4O/c1-10(2)5-4-6-11(3)7-8-14-13(18)12-9-15-17-16-12/h5,7,9H,4,6,8H2,1-3H3,(H,14,18)(H,15,16,17). The molecule has 0 saturated carbocycles. The van der Waals surface area contributed by atoms with Crippen LogP contribution < -0.4 is 5.32 Å². The summed E-state index contributed by atoms with van der Waals surface area (Å²) in [6.45, 7) is 6.78. The Bertz CT molecular complexity index is 428. The van der Waals surface area contributed by atoms with Gasteiger partial charge in [-0.15, -0.1) is 0 Å². The summed E-state index contributed by atoms with van der Waals surface area (Å²) in [4.78, 5) is 11.5. The van der Waals surface area contributed by atoms with Crippen molar-refractivity contribution in [2.24, 2.45) is 0 Å². The molecule has 0 spiro atoms. The average molecular weight is 248 g/mol. The third-order valence-corrected chi connectivity index (χ3v) is 2.45. The van der Waals surface area contributed by atoms with Crippen LogP contribution in [-0.2, 0) is 0 Å². The monoisotopic (exact) mass is 248 g/mol. The molecule has 0 aliphatic heterocycles. The van der Waals surface area contributed by atoms with Gasteiger partial charge in [-0.1, -0.05) is 23.3 Å². The summed E-state index contributed by atoms with van der Waals surface area (Å²) in [7, 11) is 0. The minimum atomic E-state index is -0.211. The van der Waals surface area contributed by atoms with Crippen molar-refractivity contribution in [3.05, 3.63) is 35.2 Å². The first-order chi connectivity index (χ1) is 8.59. The lowest BCUT2D eigenvalue weighted by atomic mass is 10.1. The van der Waals surface area contributed by atoms with E-state index in [9.17, 15) is 4.79 Å². The molecule has 1 heterocycles. The highest BCUT2D eigenvalue weighted by Crippen LogP contribution is 2.05. The summed E-state index contributed by atoms with van der Waals surface area (Å²) in [6.07, 6.45) is 7.70. The summed E-state index contributed by atoms with van der Waals surface area (Å²) in [6, 6.07) is 0. The Hall–Kier alpha value is -1.91. The number of H-pyrrole nitrogens is 1. The van der Waals surface area contributed by atoms with Gasteiger partial charge < -0.3 is 5.32 Å². The molecule has 2 N–H and O–H groups in total. The molecule has 0 fully saturated rings. The first-order valence-corrected chi connectivity index (χ1v) is 6.02. The van der Waals surface area contributed by atoms with Gasteiger partial charge in [0.2, 0.25) is 0 Å². The molecule has 5 heteroatoms. The van der Waals surface area contributed by atoms with E-state index in [0.717, 1.165) is 12.8 Å². The Morgan fingerprint density at radius 1 is 1.39 bits per heavy atom. The molecule has 18 heavy (non-hydrogen) atoms. The summed E-state index contributed by atoms with van der Waals surface area (Å²) < 4.78 is 0. The zero-order chi connectivity index (χ0) is 13.4. The highest BCUT2D eigenvalue weighted by Gasteiger charge is 2.05. The zero-order valence-corrected chi connectivity index (χ0v) is 11.2. The zero-order valence-electron chi connectivity index (χ0n) is 11.2. The Kier molecular flexibility index (Phi) is 5.84. The van der Waals surface area contributed by atoms with Crippen molar-refractivity contribution in [2.75, 3.05) is 6.54 Å². The molecule has 1 rings (SSSR count). The summed E-state index contributed by atoms with van der Waals surface area (Å²) in [5, 5.41) is 12.5. The Morgan fingerprint density at radius 2 is 2.17 bits per heavy atom. The van der Waals surface area contributed by atoms with Crippen LogP contribution in [0, 0.1) is 0 Å². The van der Waals surface area contributed by atoms with Crippen molar-refractivity contribution in [2.45, 2.75) is 33.6 Å². The fraction of sp³-hybridized carbons (Fsp3) is 0.462. The van der Waals surface area contributed by atoms with Crippen molar-refractivity contribution >= 4 is 5.91 Å². The Balaban J connectivity index is 2.27. The van der Waals surface area contributed by atoms with Gasteiger partial charge in [-0.2, -0.15) is 15.4 Å². The molecule has 98 valence electrons. The van der Waals surface area contributed by atoms with Gasteiger partial charge in [0.25, 0.3) is 5.91 Å². The van der Waals surface area contributed by atoms with Gasteiger partial charge in [0.1, 0.15) is 0 Å². The number of nitrogens with zero attached hydrogens (tertiary/aromatic N) is 2. The van der Waals surface area contributed by atoms with Gasteiger partial charge in [0.15, 0.2) is 5.69 Å². The van der Waals surface area contributed by atoms with E-state index >= 15 is 0 Å². The topological polar surface area (TPSA) is 70.7 Å². The van der Waals surface area contributed by atoms with E-state index in [1.165, 1.54) is 17.3 Å². The van der Waals surface area contributed by atoms with Crippen LogP contribution >= 0.6 is 0 Å². The number of amides is 1. The van der Waals surface area contributed by atoms with Gasteiger partial charge in [-0.3, -0.25) is 4.79 Å². The highest BCUT2D eigenvalue weighted by molar-refractivity contribution is 5.91. The van der Waals surface area contributed by atoms with Crippen LogP contribution in [0.5, 0.6) is 0 Å². The molecule has 0 radical (unpaired) electrons. The van der Waals surface area contributed by atoms with Gasteiger partial charge >= 0.3 is 0 Å². The summed E-state index contributed by atoms with van der Waals surface area (Å²) in [5.41, 5.74) is 2.92. The van der Waals surface area contributed by atoms with E-state index in [4.69, 9.17) is 0 Å². The number of allylic oxidation sites excluding steroid dienone is 3. The summed E-state index contributed by atoms with van der Waals surface area (Å²) >= 11 is 0. The predicted octanol–water partition coefficient (Wildman–Crippen LogP) is 2.23. The molecule has 0 aliphatic rings. The first-order valence-electron chi connectivity index (χ1n) is 6.02. The molecule has 0 unspecified atom stereocenters. The maximum absolute atomic E-state index is 11.5. The van der Waals surface area contributed by atoms with E-state index in [1.807, 2.05) is 6.08 Å². The van der Waals surface area contributed by atoms with Crippen LogP contribution in [0.25, 0.3) is 0 Å². The van der Waals surface area contributed by atoms with Crippen molar-refractivity contribution in [3.63, 3.8) is 0 Å².